The van der Waals surface area contributed by atoms with Gasteiger partial charge in [-0.2, -0.15) is 0 Å². The summed E-state index contributed by atoms with van der Waals surface area (Å²) in [7, 11) is 1.50. The molecule has 5 rings (SSSR count). The molecule has 1 aromatic heterocycles. The zero-order chi connectivity index (χ0) is 26.3. The van der Waals surface area contributed by atoms with E-state index in [9.17, 15) is 14.7 Å². The van der Waals surface area contributed by atoms with Crippen LogP contribution in [0.25, 0.3) is 10.6 Å². The van der Waals surface area contributed by atoms with Crippen molar-refractivity contribution in [1.29, 1.82) is 0 Å². The highest BCUT2D eigenvalue weighted by Crippen LogP contribution is 2.44. The molecule has 186 valence electrons. The number of benzene rings is 3. The number of aliphatic hydroxyl groups is 1. The van der Waals surface area contributed by atoms with E-state index >= 15 is 0 Å². The number of nitrogens with zero attached hydrogens (tertiary/aromatic N) is 2. The van der Waals surface area contributed by atoms with Crippen molar-refractivity contribution in [2.75, 3.05) is 12.0 Å². The lowest BCUT2D eigenvalue weighted by molar-refractivity contribution is -0.117. The minimum absolute atomic E-state index is 0.00824. The summed E-state index contributed by atoms with van der Waals surface area (Å²) in [5.74, 6) is -1.25. The van der Waals surface area contributed by atoms with Crippen LogP contribution in [0.5, 0.6) is 5.75 Å². The number of aromatic nitrogens is 1. The first-order chi connectivity index (χ1) is 17.8. The molecule has 1 amide bonds. The van der Waals surface area contributed by atoms with Gasteiger partial charge in [-0.25, -0.2) is 4.98 Å². The van der Waals surface area contributed by atoms with Crippen LogP contribution < -0.4 is 9.64 Å². The van der Waals surface area contributed by atoms with E-state index in [1.807, 2.05) is 61.5 Å². The first-order valence-electron chi connectivity index (χ1n) is 11.5. The number of methoxy groups -OCH3 is 1. The number of thiazole rings is 1. The molecule has 1 N–H and O–H groups in total. The van der Waals surface area contributed by atoms with Crippen LogP contribution in [0.1, 0.15) is 32.5 Å². The van der Waals surface area contributed by atoms with E-state index in [1.54, 1.807) is 25.1 Å². The maximum atomic E-state index is 14.0. The summed E-state index contributed by atoms with van der Waals surface area (Å²) in [5.41, 5.74) is 3.52. The zero-order valence-corrected chi connectivity index (χ0v) is 21.9. The summed E-state index contributed by atoms with van der Waals surface area (Å²) >= 11 is 7.62. The third-order valence-corrected chi connectivity index (χ3v) is 7.75. The number of halogens is 1. The van der Waals surface area contributed by atoms with Gasteiger partial charge in [0.25, 0.3) is 5.91 Å². The molecular formula is C29H23ClN2O4S. The molecule has 1 unspecified atom stereocenters. The van der Waals surface area contributed by atoms with Crippen molar-refractivity contribution in [1.82, 2.24) is 4.98 Å². The van der Waals surface area contributed by atoms with E-state index in [-0.39, 0.29) is 5.57 Å². The molecule has 0 bridgehead atoms. The highest BCUT2D eigenvalue weighted by Gasteiger charge is 2.45. The smallest absolute Gasteiger partial charge is 0.294 e. The van der Waals surface area contributed by atoms with Crippen molar-refractivity contribution in [3.05, 3.63) is 111 Å². The largest absolute Gasteiger partial charge is 0.503 e. The highest BCUT2D eigenvalue weighted by atomic mass is 35.5. The fourth-order valence-corrected chi connectivity index (χ4v) is 5.78. The molecular weight excluding hydrogens is 508 g/mol. The monoisotopic (exact) mass is 530 g/mol. The molecule has 8 heteroatoms. The molecule has 3 aromatic carbocycles. The van der Waals surface area contributed by atoms with Gasteiger partial charge in [0.2, 0.25) is 5.78 Å². The minimum Gasteiger partial charge on any atom is -0.503 e. The van der Waals surface area contributed by atoms with E-state index in [0.29, 0.717) is 37.6 Å². The Morgan fingerprint density at radius 2 is 1.81 bits per heavy atom. The predicted octanol–water partition coefficient (Wildman–Crippen LogP) is 6.87. The van der Waals surface area contributed by atoms with Crippen LogP contribution in [0, 0.1) is 13.8 Å². The number of ether oxygens (including phenoxy) is 1. The molecule has 6 nitrogen and oxygen atoms in total. The second kappa shape index (κ2) is 9.84. The van der Waals surface area contributed by atoms with Gasteiger partial charge in [0.05, 0.1) is 34.3 Å². The maximum absolute atomic E-state index is 14.0. The second-order valence-corrected chi connectivity index (χ2v) is 10.1. The number of aliphatic hydroxyl groups excluding tert-OH is 1. The molecule has 0 saturated carbocycles. The third kappa shape index (κ3) is 4.41. The average molecular weight is 531 g/mol. The van der Waals surface area contributed by atoms with E-state index < -0.39 is 23.5 Å². The highest BCUT2D eigenvalue weighted by molar-refractivity contribution is 7.17. The molecule has 1 atom stereocenters. The Bertz CT molecular complexity index is 1560. The van der Waals surface area contributed by atoms with Gasteiger partial charge in [0, 0.05) is 11.3 Å². The van der Waals surface area contributed by atoms with Gasteiger partial charge in [-0.05, 0) is 37.6 Å². The van der Waals surface area contributed by atoms with Crippen molar-refractivity contribution in [3.63, 3.8) is 0 Å². The van der Waals surface area contributed by atoms with Crippen LogP contribution in [-0.2, 0) is 4.79 Å². The molecule has 1 aliphatic rings. The van der Waals surface area contributed by atoms with Gasteiger partial charge in [-0.3, -0.25) is 14.5 Å². The topological polar surface area (TPSA) is 79.7 Å². The van der Waals surface area contributed by atoms with Gasteiger partial charge in [-0.15, -0.1) is 11.3 Å². The number of aryl methyl sites for hydroxylation is 2. The molecule has 4 aromatic rings. The van der Waals surface area contributed by atoms with Gasteiger partial charge in [0.1, 0.15) is 10.8 Å². The molecule has 0 radical (unpaired) electrons. The zero-order valence-electron chi connectivity index (χ0n) is 20.4. The SMILES string of the molecule is COc1ccc(N2C(=O)C(O)=C(C(=O)c3sc(-c4ccccc4)nc3C)C2c2cccc(C)c2)cc1Cl. The number of ketones is 1. The van der Waals surface area contributed by atoms with Gasteiger partial charge in [-0.1, -0.05) is 71.8 Å². The lowest BCUT2D eigenvalue weighted by Gasteiger charge is -2.27. The Kier molecular flexibility index (Phi) is 6.58. The summed E-state index contributed by atoms with van der Waals surface area (Å²) in [6, 6.07) is 21.2. The first-order valence-corrected chi connectivity index (χ1v) is 12.7. The summed E-state index contributed by atoms with van der Waals surface area (Å²) in [6.45, 7) is 3.69. The quantitative estimate of drug-likeness (QED) is 0.275. The van der Waals surface area contributed by atoms with Crippen molar-refractivity contribution >= 4 is 40.3 Å². The van der Waals surface area contributed by atoms with E-state index in [0.717, 1.165) is 11.1 Å². The van der Waals surface area contributed by atoms with Crippen LogP contribution in [0.3, 0.4) is 0 Å². The van der Waals surface area contributed by atoms with Crippen LogP contribution >= 0.6 is 22.9 Å². The van der Waals surface area contributed by atoms with Gasteiger partial charge < -0.3 is 9.84 Å². The third-order valence-electron chi connectivity index (χ3n) is 6.25. The number of Topliss-reactive ketones (excluding diaryl/α,β-unsaturated/α-hetero) is 1. The second-order valence-electron chi connectivity index (χ2n) is 8.70. The first kappa shape index (κ1) is 24.7. The number of carbonyl (C=O) groups excluding carboxylic acids is 2. The molecule has 1 aliphatic heterocycles. The minimum atomic E-state index is -0.856. The summed E-state index contributed by atoms with van der Waals surface area (Å²) in [6.07, 6.45) is 0. The van der Waals surface area contributed by atoms with Crippen LogP contribution in [0.2, 0.25) is 5.02 Å². The molecule has 0 aliphatic carbocycles. The Balaban J connectivity index is 1.64. The number of carbonyl (C=O) groups is 2. The maximum Gasteiger partial charge on any atom is 0.294 e. The lowest BCUT2D eigenvalue weighted by atomic mass is 9.94. The van der Waals surface area contributed by atoms with Crippen LogP contribution in [0.4, 0.5) is 5.69 Å². The summed E-state index contributed by atoms with van der Waals surface area (Å²) < 4.78 is 5.25. The van der Waals surface area contributed by atoms with Crippen LogP contribution in [0.15, 0.2) is 84.1 Å². The normalized spacial score (nSPS) is 15.4. The van der Waals surface area contributed by atoms with Gasteiger partial charge >= 0.3 is 0 Å². The lowest BCUT2D eigenvalue weighted by Crippen LogP contribution is -2.31. The molecule has 0 spiro atoms. The molecule has 2 heterocycles. The standard InChI is InChI=1S/C29H23ClN2O4S/c1-16-8-7-11-19(14-16)24-23(25(33)27-17(2)31-28(37-27)18-9-5-4-6-10-18)26(34)29(35)32(24)20-12-13-22(36-3)21(30)15-20/h4-15,24,34H,1-3H3. The Morgan fingerprint density at radius 3 is 2.49 bits per heavy atom. The number of hydrogen-bond acceptors (Lipinski definition) is 6. The van der Waals surface area contributed by atoms with Crippen molar-refractivity contribution in [3.8, 4) is 16.3 Å². The number of anilines is 1. The molecule has 37 heavy (non-hydrogen) atoms. The fraction of sp³-hybridized carbons (Fsp3) is 0.138. The number of hydrogen-bond donors (Lipinski definition) is 1. The summed E-state index contributed by atoms with van der Waals surface area (Å²) in [4.78, 5) is 33.9. The fourth-order valence-electron chi connectivity index (χ4n) is 4.50. The summed E-state index contributed by atoms with van der Waals surface area (Å²) in [5, 5.41) is 12.1. The number of rotatable bonds is 6. The van der Waals surface area contributed by atoms with Crippen molar-refractivity contribution in [2.24, 2.45) is 0 Å². The van der Waals surface area contributed by atoms with E-state index in [1.165, 1.54) is 23.3 Å². The van der Waals surface area contributed by atoms with Gasteiger partial charge in [0.15, 0.2) is 5.76 Å². The Morgan fingerprint density at radius 1 is 1.05 bits per heavy atom. The van der Waals surface area contributed by atoms with E-state index in [2.05, 4.69) is 4.98 Å². The molecule has 0 saturated heterocycles. The van der Waals surface area contributed by atoms with Crippen LogP contribution in [-0.4, -0.2) is 28.9 Å². The van der Waals surface area contributed by atoms with E-state index in [4.69, 9.17) is 16.3 Å². The number of amides is 1. The average Bonchev–Trinajstić information content (AvgIpc) is 3.41. The Hall–Kier alpha value is -3.94. The Labute approximate surface area is 223 Å². The molecule has 0 fully saturated rings. The predicted molar refractivity (Wildman–Crippen MR) is 146 cm³/mol. The van der Waals surface area contributed by atoms with Crippen molar-refractivity contribution in [2.45, 2.75) is 19.9 Å². The van der Waals surface area contributed by atoms with Crippen molar-refractivity contribution < 1.29 is 19.4 Å².